The van der Waals surface area contributed by atoms with Crippen molar-refractivity contribution in [3.63, 3.8) is 0 Å². The normalized spacial score (nSPS) is 14.2. The molecule has 0 radical (unpaired) electrons. The van der Waals surface area contributed by atoms with Crippen LogP contribution in [0.25, 0.3) is 0 Å². The van der Waals surface area contributed by atoms with Crippen molar-refractivity contribution in [3.05, 3.63) is 21.6 Å². The van der Waals surface area contributed by atoms with E-state index in [1.807, 2.05) is 13.8 Å². The van der Waals surface area contributed by atoms with E-state index in [2.05, 4.69) is 10.3 Å². The maximum Gasteiger partial charge on any atom is 0.258 e. The van der Waals surface area contributed by atoms with Gasteiger partial charge >= 0.3 is 0 Å². The molecule has 4 nitrogen and oxygen atoms in total. The highest BCUT2D eigenvalue weighted by Gasteiger charge is 2.14. The number of rotatable bonds is 0. The Kier molecular flexibility index (Phi) is 1.43. The molecule has 0 saturated carbocycles. The van der Waals surface area contributed by atoms with Crippen LogP contribution in [0.5, 0.6) is 0 Å². The molecule has 1 aromatic heterocycles. The van der Waals surface area contributed by atoms with E-state index in [4.69, 9.17) is 0 Å². The fourth-order valence-electron chi connectivity index (χ4n) is 1.38. The van der Waals surface area contributed by atoms with E-state index >= 15 is 0 Å². The lowest BCUT2D eigenvalue weighted by molar-refractivity contribution is 0.749. The van der Waals surface area contributed by atoms with Crippen LogP contribution < -0.4 is 10.9 Å². The number of fused-ring (bicyclic) bond motifs is 1. The number of aryl methyl sites for hydroxylation is 1. The van der Waals surface area contributed by atoms with Gasteiger partial charge in [0, 0.05) is 24.3 Å². The van der Waals surface area contributed by atoms with Gasteiger partial charge in [0.25, 0.3) is 5.56 Å². The van der Waals surface area contributed by atoms with E-state index in [0.29, 0.717) is 5.95 Å². The molecule has 0 atom stereocenters. The molecule has 2 heterocycles. The zero-order valence-corrected chi connectivity index (χ0v) is 7.22. The van der Waals surface area contributed by atoms with Crippen LogP contribution in [-0.2, 0) is 6.54 Å². The lowest BCUT2D eigenvalue weighted by Crippen LogP contribution is -2.22. The molecule has 0 aromatic carbocycles. The van der Waals surface area contributed by atoms with Crippen LogP contribution >= 0.6 is 0 Å². The highest BCUT2D eigenvalue weighted by molar-refractivity contribution is 5.33. The first-order valence-corrected chi connectivity index (χ1v) is 4.02. The summed E-state index contributed by atoms with van der Waals surface area (Å²) in [6.45, 7) is 5.22. The zero-order valence-electron chi connectivity index (χ0n) is 7.22. The van der Waals surface area contributed by atoms with E-state index in [1.165, 1.54) is 0 Å². The Hall–Kier alpha value is -1.32. The number of aromatic nitrogens is 2. The molecule has 0 unspecified atom stereocenters. The van der Waals surface area contributed by atoms with Gasteiger partial charge in [0.15, 0.2) is 0 Å². The van der Waals surface area contributed by atoms with Crippen molar-refractivity contribution >= 4 is 5.95 Å². The molecule has 0 bridgehead atoms. The maximum absolute atomic E-state index is 11.6. The number of hydrogen-bond donors (Lipinski definition) is 1. The predicted octanol–water partition coefficient (Wildman–Crippen LogP) is 0.286. The minimum absolute atomic E-state index is 0.0856. The standard InChI is InChI=1S/C8H11N3O/c1-5-6(2)10-8-9-3-4-11(8)7(5)12/h3-4H2,1-2H3,(H,9,10). The Morgan fingerprint density at radius 3 is 3.00 bits per heavy atom. The Balaban J connectivity index is 2.76. The number of nitrogens with one attached hydrogen (secondary N) is 1. The summed E-state index contributed by atoms with van der Waals surface area (Å²) < 4.78 is 1.68. The first-order valence-electron chi connectivity index (χ1n) is 4.02. The Labute approximate surface area is 70.2 Å². The van der Waals surface area contributed by atoms with Crippen LogP contribution in [0.4, 0.5) is 5.95 Å². The third kappa shape index (κ3) is 0.841. The predicted molar refractivity (Wildman–Crippen MR) is 46.5 cm³/mol. The number of anilines is 1. The quantitative estimate of drug-likeness (QED) is 0.601. The third-order valence-electron chi connectivity index (χ3n) is 2.26. The van der Waals surface area contributed by atoms with Crippen molar-refractivity contribution in [1.82, 2.24) is 9.55 Å². The smallest absolute Gasteiger partial charge is 0.258 e. The van der Waals surface area contributed by atoms with E-state index in [1.54, 1.807) is 4.57 Å². The van der Waals surface area contributed by atoms with Crippen molar-refractivity contribution in [1.29, 1.82) is 0 Å². The second-order valence-electron chi connectivity index (χ2n) is 3.03. The van der Waals surface area contributed by atoms with E-state index < -0.39 is 0 Å². The van der Waals surface area contributed by atoms with Gasteiger partial charge in [0.05, 0.1) is 0 Å². The fraction of sp³-hybridized carbons (Fsp3) is 0.500. The van der Waals surface area contributed by atoms with E-state index in [-0.39, 0.29) is 5.56 Å². The van der Waals surface area contributed by atoms with Crippen LogP contribution in [0.3, 0.4) is 0 Å². The van der Waals surface area contributed by atoms with Crippen molar-refractivity contribution in [3.8, 4) is 0 Å². The first-order chi connectivity index (χ1) is 5.70. The summed E-state index contributed by atoms with van der Waals surface area (Å²) >= 11 is 0. The van der Waals surface area contributed by atoms with Crippen molar-refractivity contribution in [2.24, 2.45) is 0 Å². The highest BCUT2D eigenvalue weighted by atomic mass is 16.1. The minimum Gasteiger partial charge on any atom is -0.354 e. The molecule has 64 valence electrons. The molecule has 0 spiro atoms. The molecule has 0 saturated heterocycles. The van der Waals surface area contributed by atoms with Gasteiger partial charge in [-0.3, -0.25) is 9.36 Å². The van der Waals surface area contributed by atoms with Crippen molar-refractivity contribution in [2.45, 2.75) is 20.4 Å². The SMILES string of the molecule is Cc1nc2n(c(=O)c1C)CCN2. The van der Waals surface area contributed by atoms with Gasteiger partial charge in [0.2, 0.25) is 5.95 Å². The van der Waals surface area contributed by atoms with Crippen LogP contribution in [0.1, 0.15) is 11.3 Å². The average Bonchev–Trinajstić information content (AvgIpc) is 2.48. The molecule has 0 fully saturated rings. The third-order valence-corrected chi connectivity index (χ3v) is 2.26. The second kappa shape index (κ2) is 2.33. The van der Waals surface area contributed by atoms with Crippen molar-refractivity contribution < 1.29 is 0 Å². The second-order valence-corrected chi connectivity index (χ2v) is 3.03. The molecule has 4 heteroatoms. The maximum atomic E-state index is 11.6. The largest absolute Gasteiger partial charge is 0.354 e. The van der Waals surface area contributed by atoms with Gasteiger partial charge in [-0.1, -0.05) is 0 Å². The van der Waals surface area contributed by atoms with Crippen LogP contribution in [0, 0.1) is 13.8 Å². The molecule has 12 heavy (non-hydrogen) atoms. The minimum atomic E-state index is 0.0856. The van der Waals surface area contributed by atoms with Gasteiger partial charge in [-0.25, -0.2) is 4.98 Å². The van der Waals surface area contributed by atoms with Gasteiger partial charge < -0.3 is 5.32 Å². The number of hydrogen-bond acceptors (Lipinski definition) is 3. The molecular formula is C8H11N3O. The van der Waals surface area contributed by atoms with E-state index in [9.17, 15) is 4.79 Å². The van der Waals surface area contributed by atoms with Gasteiger partial charge in [0.1, 0.15) is 0 Å². The molecule has 2 rings (SSSR count). The monoisotopic (exact) mass is 165 g/mol. The van der Waals surface area contributed by atoms with Crippen molar-refractivity contribution in [2.75, 3.05) is 11.9 Å². The first kappa shape index (κ1) is 7.34. The summed E-state index contributed by atoms with van der Waals surface area (Å²) in [6.07, 6.45) is 0. The molecule has 0 amide bonds. The topological polar surface area (TPSA) is 46.9 Å². The van der Waals surface area contributed by atoms with Gasteiger partial charge in [-0.2, -0.15) is 0 Å². The Morgan fingerprint density at radius 2 is 2.25 bits per heavy atom. The molecule has 1 aromatic rings. The van der Waals surface area contributed by atoms with Gasteiger partial charge in [-0.15, -0.1) is 0 Å². The number of nitrogens with zero attached hydrogens (tertiary/aromatic N) is 2. The highest BCUT2D eigenvalue weighted by Crippen LogP contribution is 2.09. The van der Waals surface area contributed by atoms with Crippen LogP contribution in [-0.4, -0.2) is 16.1 Å². The molecular weight excluding hydrogens is 154 g/mol. The van der Waals surface area contributed by atoms with Crippen LogP contribution in [0.2, 0.25) is 0 Å². The molecule has 1 N–H and O–H groups in total. The Morgan fingerprint density at radius 1 is 1.50 bits per heavy atom. The molecule has 1 aliphatic heterocycles. The van der Waals surface area contributed by atoms with Gasteiger partial charge in [-0.05, 0) is 13.8 Å². The summed E-state index contributed by atoms with van der Waals surface area (Å²) in [4.78, 5) is 15.8. The van der Waals surface area contributed by atoms with Crippen LogP contribution in [0.15, 0.2) is 4.79 Å². The van der Waals surface area contributed by atoms with E-state index in [0.717, 1.165) is 24.3 Å². The lowest BCUT2D eigenvalue weighted by atomic mass is 10.3. The zero-order chi connectivity index (χ0) is 8.72. The summed E-state index contributed by atoms with van der Waals surface area (Å²) in [6, 6.07) is 0. The lowest BCUT2D eigenvalue weighted by Gasteiger charge is -2.04. The summed E-state index contributed by atoms with van der Waals surface area (Å²) in [5.41, 5.74) is 1.66. The summed E-state index contributed by atoms with van der Waals surface area (Å²) in [5.74, 6) is 0.711. The summed E-state index contributed by atoms with van der Waals surface area (Å²) in [7, 11) is 0. The summed E-state index contributed by atoms with van der Waals surface area (Å²) in [5, 5.41) is 3.06. The average molecular weight is 165 g/mol. The fourth-order valence-corrected chi connectivity index (χ4v) is 1.38. The molecule has 1 aliphatic rings. The Bertz CT molecular complexity index is 381. The molecule has 0 aliphatic carbocycles.